The third-order valence-electron chi connectivity index (χ3n) is 5.36. The maximum Gasteiger partial charge on any atom is 0.241 e. The van der Waals surface area contributed by atoms with Crippen molar-refractivity contribution in [3.05, 3.63) is 24.8 Å². The quantitative estimate of drug-likeness (QED) is 0.666. The number of pyridine rings is 1. The summed E-state index contributed by atoms with van der Waals surface area (Å²) in [5.41, 5.74) is 3.10. The number of hydrogen-bond donors (Lipinski definition) is 1. The van der Waals surface area contributed by atoms with E-state index in [0.29, 0.717) is 25.5 Å². The Balaban J connectivity index is 1.73. The molecule has 0 aliphatic carbocycles. The Kier molecular flexibility index (Phi) is 5.23. The van der Waals surface area contributed by atoms with Gasteiger partial charge in [-0.2, -0.15) is 5.10 Å². The minimum atomic E-state index is -0.299. The number of fused-ring (bicyclic) bond motifs is 1. The number of aromatic nitrogens is 5. The van der Waals surface area contributed by atoms with Crippen molar-refractivity contribution in [3.63, 3.8) is 0 Å². The van der Waals surface area contributed by atoms with E-state index in [1.165, 1.54) is 0 Å². The van der Waals surface area contributed by atoms with Gasteiger partial charge in [-0.1, -0.05) is 0 Å². The monoisotopic (exact) mass is 412 g/mol. The minimum absolute atomic E-state index is 0.0230. The van der Waals surface area contributed by atoms with Crippen molar-refractivity contribution in [3.8, 4) is 17.1 Å². The molecule has 1 aliphatic rings. The maximum atomic E-state index is 11.7. The van der Waals surface area contributed by atoms with E-state index in [4.69, 9.17) is 14.5 Å². The molecule has 4 rings (SSSR count). The molecule has 0 saturated carbocycles. The molecule has 160 valence electrons. The normalized spacial score (nSPS) is 18.0. The second-order valence-corrected chi connectivity index (χ2v) is 8.76. The Morgan fingerprint density at radius 2 is 2.17 bits per heavy atom. The van der Waals surface area contributed by atoms with Crippen LogP contribution in [0.2, 0.25) is 0 Å². The average Bonchev–Trinajstić information content (AvgIpc) is 3.41. The van der Waals surface area contributed by atoms with E-state index in [1.54, 1.807) is 19.6 Å². The number of ether oxygens (including phenoxy) is 2. The predicted molar refractivity (Wildman–Crippen MR) is 112 cm³/mol. The van der Waals surface area contributed by atoms with Crippen molar-refractivity contribution in [2.75, 3.05) is 20.3 Å². The third-order valence-corrected chi connectivity index (χ3v) is 5.36. The number of nitrogens with zero attached hydrogens (tertiary/aromatic N) is 5. The van der Waals surface area contributed by atoms with Crippen LogP contribution in [0.1, 0.15) is 27.2 Å². The Morgan fingerprint density at radius 3 is 2.80 bits per heavy atom. The largest absolute Gasteiger partial charge is 0.470 e. The Labute approximate surface area is 175 Å². The van der Waals surface area contributed by atoms with Crippen molar-refractivity contribution in [2.45, 2.75) is 38.8 Å². The molecule has 0 radical (unpaired) electrons. The van der Waals surface area contributed by atoms with Crippen LogP contribution in [0.4, 0.5) is 0 Å². The molecular weight excluding hydrogens is 384 g/mol. The van der Waals surface area contributed by atoms with Gasteiger partial charge in [0, 0.05) is 44.8 Å². The van der Waals surface area contributed by atoms with E-state index >= 15 is 0 Å². The summed E-state index contributed by atoms with van der Waals surface area (Å²) >= 11 is 0. The van der Waals surface area contributed by atoms with Crippen LogP contribution in [0.3, 0.4) is 0 Å². The lowest BCUT2D eigenvalue weighted by Gasteiger charge is -2.23. The zero-order valence-electron chi connectivity index (χ0n) is 18.0. The van der Waals surface area contributed by atoms with Crippen molar-refractivity contribution in [1.29, 1.82) is 0 Å². The number of carbonyl (C=O) groups excluding carboxylic acids is 1. The zero-order chi connectivity index (χ0) is 21.5. The Morgan fingerprint density at radius 1 is 1.37 bits per heavy atom. The molecule has 1 N–H and O–H groups in total. The van der Waals surface area contributed by atoms with Crippen molar-refractivity contribution >= 4 is 16.9 Å². The fraction of sp³-hybridized carbons (Fsp3) is 0.524. The second-order valence-electron chi connectivity index (χ2n) is 8.76. The van der Waals surface area contributed by atoms with Crippen LogP contribution in [-0.4, -0.2) is 56.6 Å². The third kappa shape index (κ3) is 3.89. The van der Waals surface area contributed by atoms with Gasteiger partial charge in [0.05, 0.1) is 35.9 Å². The molecule has 0 spiro atoms. The van der Waals surface area contributed by atoms with Gasteiger partial charge in [-0.3, -0.25) is 9.48 Å². The predicted octanol–water partition coefficient (Wildman–Crippen LogP) is 2.12. The van der Waals surface area contributed by atoms with Gasteiger partial charge in [-0.05, 0) is 26.8 Å². The van der Waals surface area contributed by atoms with Crippen LogP contribution < -0.4 is 10.1 Å². The summed E-state index contributed by atoms with van der Waals surface area (Å²) in [7, 11) is 3.54. The van der Waals surface area contributed by atoms with Crippen molar-refractivity contribution < 1.29 is 14.3 Å². The summed E-state index contributed by atoms with van der Waals surface area (Å²) in [6.45, 7) is 7.23. The molecule has 4 heterocycles. The Bertz CT molecular complexity index is 1060. The van der Waals surface area contributed by atoms with Gasteiger partial charge in [0.1, 0.15) is 11.6 Å². The molecule has 3 aromatic heterocycles. The first-order valence-corrected chi connectivity index (χ1v) is 10.1. The number of rotatable bonds is 6. The molecule has 0 aromatic carbocycles. The number of hydrogen-bond acceptors (Lipinski definition) is 6. The van der Waals surface area contributed by atoms with Gasteiger partial charge in [-0.25, -0.2) is 9.97 Å². The van der Waals surface area contributed by atoms with Gasteiger partial charge < -0.3 is 19.4 Å². The number of aryl methyl sites for hydroxylation is 1. The van der Waals surface area contributed by atoms with Crippen LogP contribution in [0.25, 0.3) is 22.3 Å². The lowest BCUT2D eigenvalue weighted by Crippen LogP contribution is -2.33. The summed E-state index contributed by atoms with van der Waals surface area (Å²) in [6, 6.07) is 1.94. The molecule has 30 heavy (non-hydrogen) atoms. The van der Waals surface area contributed by atoms with Crippen LogP contribution in [0.5, 0.6) is 5.88 Å². The van der Waals surface area contributed by atoms with Crippen molar-refractivity contribution in [1.82, 2.24) is 29.6 Å². The topological polar surface area (TPSA) is 96.1 Å². The first kappa shape index (κ1) is 20.3. The smallest absolute Gasteiger partial charge is 0.241 e. The first-order valence-electron chi connectivity index (χ1n) is 10.1. The molecule has 0 unspecified atom stereocenters. The molecule has 1 aliphatic heterocycles. The molecule has 1 amide bonds. The fourth-order valence-electron chi connectivity index (χ4n) is 3.65. The zero-order valence-corrected chi connectivity index (χ0v) is 18.0. The minimum Gasteiger partial charge on any atom is -0.470 e. The highest BCUT2D eigenvalue weighted by Gasteiger charge is 2.32. The molecule has 1 fully saturated rings. The van der Waals surface area contributed by atoms with E-state index < -0.39 is 0 Å². The SMILES string of the molecule is COC[C@@H](Oc1nc(-c2cnn(C(C)(C)C)c2)cc2ncn(C)c12)[C@H]1CNC(=O)C1. The van der Waals surface area contributed by atoms with Crippen LogP contribution in [0.15, 0.2) is 24.8 Å². The fourth-order valence-corrected chi connectivity index (χ4v) is 3.65. The highest BCUT2D eigenvalue weighted by atomic mass is 16.5. The number of amides is 1. The van der Waals surface area contributed by atoms with E-state index in [-0.39, 0.29) is 23.5 Å². The van der Waals surface area contributed by atoms with Crippen LogP contribution in [-0.2, 0) is 22.1 Å². The van der Waals surface area contributed by atoms with Gasteiger partial charge >= 0.3 is 0 Å². The van der Waals surface area contributed by atoms with E-state index in [1.807, 2.05) is 28.6 Å². The highest BCUT2D eigenvalue weighted by molar-refractivity contribution is 5.84. The van der Waals surface area contributed by atoms with Crippen LogP contribution in [0, 0.1) is 5.92 Å². The molecule has 0 bridgehead atoms. The molecule has 9 nitrogen and oxygen atoms in total. The highest BCUT2D eigenvalue weighted by Crippen LogP contribution is 2.31. The van der Waals surface area contributed by atoms with Gasteiger partial charge in [0.25, 0.3) is 0 Å². The van der Waals surface area contributed by atoms with Gasteiger partial charge in [0.15, 0.2) is 0 Å². The molecular formula is C21H28N6O3. The van der Waals surface area contributed by atoms with E-state index in [2.05, 4.69) is 36.2 Å². The molecule has 2 atom stereocenters. The maximum absolute atomic E-state index is 11.7. The number of nitrogens with one attached hydrogen (secondary N) is 1. The Hall–Kier alpha value is -2.94. The van der Waals surface area contributed by atoms with Gasteiger partial charge in [0.2, 0.25) is 11.8 Å². The summed E-state index contributed by atoms with van der Waals surface area (Å²) in [5.74, 6) is 0.536. The lowest BCUT2D eigenvalue weighted by molar-refractivity contribution is -0.119. The number of methoxy groups -OCH3 is 1. The summed E-state index contributed by atoms with van der Waals surface area (Å²) in [5, 5.41) is 7.35. The first-order chi connectivity index (χ1) is 14.3. The summed E-state index contributed by atoms with van der Waals surface area (Å²) in [4.78, 5) is 21.0. The van der Waals surface area contributed by atoms with E-state index in [9.17, 15) is 4.79 Å². The van der Waals surface area contributed by atoms with Gasteiger partial charge in [-0.15, -0.1) is 0 Å². The molecule has 9 heteroatoms. The average molecular weight is 412 g/mol. The number of imidazole rings is 1. The van der Waals surface area contributed by atoms with E-state index in [0.717, 1.165) is 22.3 Å². The number of carbonyl (C=O) groups is 1. The van der Waals surface area contributed by atoms with Crippen LogP contribution >= 0.6 is 0 Å². The standard InChI is InChI=1S/C21H28N6O3/c1-21(2,3)27-10-14(9-24-27)15-7-16-19(26(4)12-23-16)20(25-15)30-17(11-29-5)13-6-18(28)22-8-13/h7,9-10,12-13,17H,6,8,11H2,1-5H3,(H,22,28)/t13-,17-/m1/s1. The summed E-state index contributed by atoms with van der Waals surface area (Å²) < 4.78 is 15.5. The molecule has 3 aromatic rings. The second kappa shape index (κ2) is 7.71. The van der Waals surface area contributed by atoms with Crippen molar-refractivity contribution in [2.24, 2.45) is 13.0 Å². The lowest BCUT2D eigenvalue weighted by atomic mass is 10.0. The molecule has 1 saturated heterocycles. The summed E-state index contributed by atoms with van der Waals surface area (Å²) in [6.07, 6.45) is 5.65.